The largest absolute Gasteiger partial charge is 0.309 e. The molecule has 0 radical (unpaired) electrons. The van der Waals surface area contributed by atoms with E-state index < -0.39 is 0 Å². The van der Waals surface area contributed by atoms with Gasteiger partial charge in [0.05, 0.1) is 91.9 Å². The van der Waals surface area contributed by atoms with Gasteiger partial charge in [-0.15, -0.1) is 45.3 Å². The van der Waals surface area contributed by atoms with E-state index in [9.17, 15) is 0 Å². The molecule has 11 heterocycles. The van der Waals surface area contributed by atoms with Crippen LogP contribution in [0.5, 0.6) is 0 Å². The van der Waals surface area contributed by atoms with Gasteiger partial charge in [0.25, 0.3) is 0 Å². The highest BCUT2D eigenvalue weighted by atomic mass is 32.1. The molecule has 0 saturated carbocycles. The van der Waals surface area contributed by atoms with Crippen LogP contribution >= 0.6 is 45.3 Å². The van der Waals surface area contributed by atoms with Crippen LogP contribution in [0.4, 0.5) is 0 Å². The van der Waals surface area contributed by atoms with Crippen molar-refractivity contribution in [1.29, 1.82) is 0 Å². The van der Waals surface area contributed by atoms with Crippen molar-refractivity contribution in [2.75, 3.05) is 0 Å². The predicted molar refractivity (Wildman–Crippen MR) is 605 cm³/mol. The molecule has 11 aromatic heterocycles. The molecule has 10 nitrogen and oxygen atoms in total. The van der Waals surface area contributed by atoms with Gasteiger partial charge >= 0.3 is 0 Å². The summed E-state index contributed by atoms with van der Waals surface area (Å²) in [6.45, 7) is 4.74. The van der Waals surface area contributed by atoms with Crippen molar-refractivity contribution in [1.82, 2.24) is 48.2 Å². The quantitative estimate of drug-likeness (QED) is 0.135. The van der Waals surface area contributed by atoms with Gasteiger partial charge in [0, 0.05) is 155 Å². The van der Waals surface area contributed by atoms with Crippen molar-refractivity contribution in [2.24, 2.45) is 0 Å². The van der Waals surface area contributed by atoms with Crippen LogP contribution in [0.15, 0.2) is 449 Å². The molecule has 0 spiro atoms. The van der Waals surface area contributed by atoms with E-state index in [2.05, 4.69) is 481 Å². The second-order valence-electron chi connectivity index (χ2n) is 37.4. The summed E-state index contributed by atoms with van der Waals surface area (Å²) in [4.78, 5) is 31.5. The molecule has 0 atom stereocenters. The highest BCUT2D eigenvalue weighted by molar-refractivity contribution is 7.27. The van der Waals surface area contributed by atoms with Crippen molar-refractivity contribution in [3.63, 3.8) is 0 Å². The van der Waals surface area contributed by atoms with Crippen LogP contribution < -0.4 is 0 Å². The summed E-state index contributed by atoms with van der Waals surface area (Å²) < 4.78 is 19.3. The number of thiophene rings is 4. The first-order valence-corrected chi connectivity index (χ1v) is 51.6. The summed E-state index contributed by atoms with van der Waals surface area (Å²) >= 11 is 7.18. The molecule has 31 rings (SSSR count). The van der Waals surface area contributed by atoms with E-state index in [-0.39, 0.29) is 5.41 Å². The molecule has 0 saturated heterocycles. The van der Waals surface area contributed by atoms with Crippen LogP contribution in [0.1, 0.15) is 25.0 Å². The third kappa shape index (κ3) is 13.0. The minimum atomic E-state index is -0.108. The molecule has 30 aromatic rings. The van der Waals surface area contributed by atoms with Crippen molar-refractivity contribution >= 4 is 214 Å². The number of hydrogen-bond donors (Lipinski definition) is 0. The van der Waals surface area contributed by atoms with Crippen LogP contribution in [0, 0.1) is 0 Å². The SMILES string of the molecule is CC1(C)c2ccccc2-c2ccc3c(c21)c1ccccc1n3-c1cccc(-c2nc(-c3ccccc3)c3sc4ccccc4c3n2)c1.c1ccc(-c2nc(-c3cccc(-n4c5ccccc5c5c4ccc4c6ccccc6n(-c6ccccc6)c45)c3)nc3c2sc2ccccc23)cc1.c1ccc(-c2nc(-c3cccc(-n4c5ccccc5c5c6sc7ccccc7c6ccc54)c3)nc3c2sc2ccccc23)cc1. The van der Waals surface area contributed by atoms with E-state index in [0.29, 0.717) is 0 Å². The Morgan fingerprint density at radius 3 is 0.986 bits per heavy atom. The summed E-state index contributed by atoms with van der Waals surface area (Å²) in [5.41, 5.74) is 31.6. The molecule has 0 aliphatic heterocycles. The van der Waals surface area contributed by atoms with Gasteiger partial charge in [-0.25, -0.2) is 29.9 Å². The molecule has 670 valence electrons. The number of nitrogens with zero attached hydrogens (tertiary/aromatic N) is 10. The maximum atomic E-state index is 5.28. The number of para-hydroxylation sites is 5. The molecule has 143 heavy (non-hydrogen) atoms. The number of aromatic nitrogens is 10. The number of benzene rings is 19. The van der Waals surface area contributed by atoms with Crippen LogP contribution in [-0.4, -0.2) is 48.2 Å². The Hall–Kier alpha value is -17.5. The number of fused-ring (bicyclic) bond motifs is 30. The molecule has 0 fully saturated rings. The first-order valence-electron chi connectivity index (χ1n) is 48.3. The van der Waals surface area contributed by atoms with Crippen LogP contribution in [0.2, 0.25) is 0 Å². The van der Waals surface area contributed by atoms with Gasteiger partial charge in [0.15, 0.2) is 17.5 Å². The second kappa shape index (κ2) is 32.8. The Labute approximate surface area is 836 Å². The molecular formula is C129H80N10S4. The second-order valence-corrected chi connectivity index (χ2v) is 41.6. The minimum absolute atomic E-state index is 0.108. The lowest BCUT2D eigenvalue weighted by atomic mass is 9.80. The summed E-state index contributed by atoms with van der Waals surface area (Å²) in [5.74, 6) is 2.19. The highest BCUT2D eigenvalue weighted by Crippen LogP contribution is 2.55. The van der Waals surface area contributed by atoms with Gasteiger partial charge in [0.1, 0.15) is 0 Å². The molecule has 0 bridgehead atoms. The fraction of sp³-hybridized carbons (Fsp3) is 0.0233. The first kappa shape index (κ1) is 82.6. The third-order valence-electron chi connectivity index (χ3n) is 28.9. The zero-order valence-electron chi connectivity index (χ0n) is 77.3. The molecule has 14 heteroatoms. The zero-order valence-corrected chi connectivity index (χ0v) is 80.6. The number of rotatable bonds is 10. The average Bonchev–Trinajstić information content (AvgIpc) is 1.54. The standard InChI is InChI=1S/C46H28N4S.C43H29N3S.C40H23N3S2/c1-3-14-29(15-4-1)42-45-43(36-22-9-12-25-40(36)51-45)48-46(47-42)30-16-13-19-32(28-30)49-38-24-11-8-21-35(38)41-39(49)27-26-34-33-20-7-10-23-37(33)50(44(34)41)31-17-5-2-6-18-31;1-43(2)33-20-9-6-17-29(33)30-23-24-35-37(38(30)43)31-18-7-10-21-34(31)46(35)28-16-12-15-27(25-28)42-44-39(26-13-4-3-5-14-26)41-40(45-42)32-19-8-11-22-36(32)47-41;1-2-11-24(12-3-1)36-39-37(30-17-6-9-20-34(30)45-39)42-40(41-36)25-13-10-14-26(23-25)43-31-18-7-4-16-29(31)35-32(43)22-21-28-27-15-5-8-19-33(27)44-38(28)35/h1-28H;3-25H,1-2H3;1-23H. The zero-order chi connectivity index (χ0) is 94.2. The van der Waals surface area contributed by atoms with E-state index in [1.807, 2.05) is 11.3 Å². The lowest BCUT2D eigenvalue weighted by Gasteiger charge is -2.22. The normalized spacial score (nSPS) is 12.5. The Balaban J connectivity index is 0.000000102. The van der Waals surface area contributed by atoms with Crippen LogP contribution in [0.3, 0.4) is 0 Å². The molecule has 0 N–H and O–H groups in total. The monoisotopic (exact) mass is 1900 g/mol. The van der Waals surface area contributed by atoms with Gasteiger partial charge < -0.3 is 18.3 Å². The maximum Gasteiger partial charge on any atom is 0.160 e. The molecular weight excluding hydrogens is 1820 g/mol. The average molecular weight is 1900 g/mol. The van der Waals surface area contributed by atoms with Crippen LogP contribution in [0.25, 0.3) is 270 Å². The van der Waals surface area contributed by atoms with Crippen molar-refractivity contribution in [3.05, 3.63) is 460 Å². The fourth-order valence-corrected chi connectivity index (χ4v) is 27.4. The number of hydrogen-bond acceptors (Lipinski definition) is 10. The molecule has 1 aliphatic rings. The molecule has 1 aliphatic carbocycles. The van der Waals surface area contributed by atoms with Gasteiger partial charge in [-0.3, -0.25) is 0 Å². The van der Waals surface area contributed by atoms with Gasteiger partial charge in [-0.2, -0.15) is 0 Å². The Kier molecular flexibility index (Phi) is 19.0. The topological polar surface area (TPSA) is 97.1 Å². The smallest absolute Gasteiger partial charge is 0.160 e. The van der Waals surface area contributed by atoms with Crippen LogP contribution in [-0.2, 0) is 5.41 Å². The van der Waals surface area contributed by atoms with E-state index in [1.54, 1.807) is 34.0 Å². The summed E-state index contributed by atoms with van der Waals surface area (Å²) in [6, 6.07) is 160. The summed E-state index contributed by atoms with van der Waals surface area (Å²) in [5, 5.41) is 16.3. The summed E-state index contributed by atoms with van der Waals surface area (Å²) in [6.07, 6.45) is 0. The fourth-order valence-electron chi connectivity index (χ4n) is 22.6. The van der Waals surface area contributed by atoms with Gasteiger partial charge in [-0.05, 0) is 138 Å². The lowest BCUT2D eigenvalue weighted by Crippen LogP contribution is -2.15. The lowest BCUT2D eigenvalue weighted by molar-refractivity contribution is 0.666. The van der Waals surface area contributed by atoms with E-state index in [1.165, 1.54) is 143 Å². The molecule has 0 amide bonds. The van der Waals surface area contributed by atoms with Crippen molar-refractivity contribution in [3.8, 4) is 102 Å². The first-order chi connectivity index (χ1) is 70.7. The highest BCUT2D eigenvalue weighted by Gasteiger charge is 2.39. The Bertz CT molecular complexity index is 10500. The van der Waals surface area contributed by atoms with Crippen molar-refractivity contribution < 1.29 is 0 Å². The van der Waals surface area contributed by atoms with Gasteiger partial charge in [0.2, 0.25) is 0 Å². The van der Waals surface area contributed by atoms with Gasteiger partial charge in [-0.1, -0.05) is 347 Å². The van der Waals surface area contributed by atoms with E-state index in [0.717, 1.165) is 138 Å². The maximum absolute atomic E-state index is 5.28. The Morgan fingerprint density at radius 2 is 0.524 bits per heavy atom. The van der Waals surface area contributed by atoms with E-state index in [4.69, 9.17) is 29.9 Å². The van der Waals surface area contributed by atoms with E-state index >= 15 is 0 Å². The summed E-state index contributed by atoms with van der Waals surface area (Å²) in [7, 11) is 0. The predicted octanol–water partition coefficient (Wildman–Crippen LogP) is 35.6. The Morgan fingerprint density at radius 1 is 0.203 bits per heavy atom. The van der Waals surface area contributed by atoms with Crippen molar-refractivity contribution in [2.45, 2.75) is 19.3 Å². The molecule has 19 aromatic carbocycles. The minimum Gasteiger partial charge on any atom is -0.309 e. The molecule has 0 unspecified atom stereocenters. The third-order valence-corrected chi connectivity index (χ3v) is 33.6.